The Morgan fingerprint density at radius 1 is 1.31 bits per heavy atom. The summed E-state index contributed by atoms with van der Waals surface area (Å²) in [6.45, 7) is 1.33. The Bertz CT molecular complexity index is 876. The summed E-state index contributed by atoms with van der Waals surface area (Å²) in [5.74, 6) is -0.0749. The largest absolute Gasteiger partial charge is 0.452 e. The molecule has 3 rings (SSSR count). The molecule has 2 heterocycles. The molecule has 0 saturated heterocycles. The average Bonchev–Trinajstić information content (AvgIpc) is 3.30. The van der Waals surface area contributed by atoms with Crippen LogP contribution in [0.4, 0.5) is 5.88 Å². The van der Waals surface area contributed by atoms with Crippen LogP contribution in [0, 0.1) is 6.92 Å². The Hall–Kier alpha value is -2.65. The normalized spacial score (nSPS) is 10.5. The Kier molecular flexibility index (Phi) is 6.03. The van der Waals surface area contributed by atoms with E-state index in [4.69, 9.17) is 9.26 Å². The Morgan fingerprint density at radius 3 is 2.77 bits per heavy atom. The monoisotopic (exact) mass is 389 g/mol. The molecule has 1 aromatic carbocycles. The molecule has 3 aromatic rings. The zero-order valence-electron chi connectivity index (χ0n) is 13.8. The predicted molar refractivity (Wildman–Crippen MR) is 98.3 cm³/mol. The number of ether oxygens (including phenoxy) is 1. The van der Waals surface area contributed by atoms with Gasteiger partial charge in [0.15, 0.2) is 6.61 Å². The first-order chi connectivity index (χ1) is 12.6. The van der Waals surface area contributed by atoms with Crippen molar-refractivity contribution in [3.63, 3.8) is 0 Å². The Labute approximate surface area is 157 Å². The molecule has 2 aromatic heterocycles. The number of amides is 1. The van der Waals surface area contributed by atoms with Crippen LogP contribution in [0.1, 0.15) is 21.7 Å². The van der Waals surface area contributed by atoms with E-state index in [1.54, 1.807) is 53.7 Å². The number of rotatable bonds is 7. The van der Waals surface area contributed by atoms with E-state index in [0.717, 1.165) is 16.3 Å². The topological polar surface area (TPSA) is 94.3 Å². The van der Waals surface area contributed by atoms with Crippen molar-refractivity contribution in [2.45, 2.75) is 17.6 Å². The zero-order valence-corrected chi connectivity index (χ0v) is 15.4. The minimum Gasteiger partial charge on any atom is -0.452 e. The van der Waals surface area contributed by atoms with Gasteiger partial charge in [-0.3, -0.25) is 10.1 Å². The van der Waals surface area contributed by atoms with E-state index in [2.05, 4.69) is 15.5 Å². The summed E-state index contributed by atoms with van der Waals surface area (Å²) in [5, 5.41) is 8.11. The molecule has 0 aliphatic carbocycles. The maximum atomic E-state index is 12.0. The van der Waals surface area contributed by atoms with Crippen LogP contribution < -0.4 is 5.32 Å². The SMILES string of the molecule is Cc1cc(NC(=O)COC(=O)c2ccc(SCc3cscn3)cc2)on1. The highest BCUT2D eigenvalue weighted by Gasteiger charge is 2.12. The molecular weight excluding hydrogens is 374 g/mol. The van der Waals surface area contributed by atoms with Crippen molar-refractivity contribution in [3.8, 4) is 0 Å². The smallest absolute Gasteiger partial charge is 0.338 e. The van der Waals surface area contributed by atoms with E-state index in [9.17, 15) is 9.59 Å². The molecule has 134 valence electrons. The molecule has 1 N–H and O–H groups in total. The number of nitrogens with zero attached hydrogens (tertiary/aromatic N) is 2. The lowest BCUT2D eigenvalue weighted by Gasteiger charge is -2.05. The number of nitrogens with one attached hydrogen (secondary N) is 1. The molecule has 0 aliphatic heterocycles. The first kappa shape index (κ1) is 18.2. The maximum Gasteiger partial charge on any atom is 0.338 e. The second-order valence-corrected chi connectivity index (χ2v) is 7.02. The average molecular weight is 389 g/mol. The highest BCUT2D eigenvalue weighted by atomic mass is 32.2. The van der Waals surface area contributed by atoms with Crippen LogP contribution in [-0.4, -0.2) is 28.6 Å². The molecule has 0 atom stereocenters. The van der Waals surface area contributed by atoms with Gasteiger partial charge in [0, 0.05) is 22.1 Å². The van der Waals surface area contributed by atoms with Gasteiger partial charge < -0.3 is 9.26 Å². The third-order valence-corrected chi connectivity index (χ3v) is 4.87. The Balaban J connectivity index is 1.46. The van der Waals surface area contributed by atoms with Gasteiger partial charge in [-0.15, -0.1) is 23.1 Å². The van der Waals surface area contributed by atoms with Gasteiger partial charge in [0.2, 0.25) is 5.88 Å². The number of aromatic nitrogens is 2. The molecule has 0 radical (unpaired) electrons. The summed E-state index contributed by atoms with van der Waals surface area (Å²) in [4.78, 5) is 29.0. The van der Waals surface area contributed by atoms with Crippen molar-refractivity contribution < 1.29 is 18.8 Å². The highest BCUT2D eigenvalue weighted by Crippen LogP contribution is 2.23. The number of carbonyl (C=O) groups excluding carboxylic acids is 2. The number of benzene rings is 1. The van der Waals surface area contributed by atoms with Crippen molar-refractivity contribution >= 4 is 40.9 Å². The molecule has 1 amide bonds. The number of thiazole rings is 1. The second-order valence-electron chi connectivity index (χ2n) is 5.25. The fourth-order valence-corrected chi connectivity index (χ4v) is 3.43. The number of anilines is 1. The van der Waals surface area contributed by atoms with Crippen LogP contribution in [-0.2, 0) is 15.3 Å². The van der Waals surface area contributed by atoms with E-state index >= 15 is 0 Å². The summed E-state index contributed by atoms with van der Waals surface area (Å²) in [6, 6.07) is 8.59. The van der Waals surface area contributed by atoms with E-state index in [-0.39, 0.29) is 5.88 Å². The number of esters is 1. The first-order valence-electron chi connectivity index (χ1n) is 7.60. The van der Waals surface area contributed by atoms with Crippen molar-refractivity contribution in [2.24, 2.45) is 0 Å². The van der Waals surface area contributed by atoms with Crippen molar-refractivity contribution in [1.82, 2.24) is 10.1 Å². The number of carbonyl (C=O) groups is 2. The van der Waals surface area contributed by atoms with Crippen molar-refractivity contribution in [2.75, 3.05) is 11.9 Å². The van der Waals surface area contributed by atoms with Crippen LogP contribution in [0.15, 0.2) is 50.6 Å². The number of hydrogen-bond acceptors (Lipinski definition) is 8. The molecule has 0 spiro atoms. The van der Waals surface area contributed by atoms with Gasteiger partial charge in [-0.2, -0.15) is 0 Å². The van der Waals surface area contributed by atoms with Crippen LogP contribution in [0.5, 0.6) is 0 Å². The molecule has 0 unspecified atom stereocenters. The molecule has 0 saturated carbocycles. The Morgan fingerprint density at radius 2 is 2.12 bits per heavy atom. The van der Waals surface area contributed by atoms with Gasteiger partial charge in [0.25, 0.3) is 5.91 Å². The van der Waals surface area contributed by atoms with Crippen LogP contribution in [0.3, 0.4) is 0 Å². The lowest BCUT2D eigenvalue weighted by Crippen LogP contribution is -2.20. The van der Waals surface area contributed by atoms with Gasteiger partial charge >= 0.3 is 5.97 Å². The minimum absolute atomic E-state index is 0.213. The van der Waals surface area contributed by atoms with Crippen molar-refractivity contribution in [1.29, 1.82) is 0 Å². The molecule has 0 bridgehead atoms. The lowest BCUT2D eigenvalue weighted by molar-refractivity contribution is -0.119. The van der Waals surface area contributed by atoms with E-state index in [1.807, 2.05) is 17.5 Å². The standard InChI is InChI=1S/C17H15N3O4S2/c1-11-6-16(24-20-11)19-15(21)7-23-17(22)12-2-4-14(5-3-12)26-9-13-8-25-10-18-13/h2-6,8,10H,7,9H2,1H3,(H,19,21). The minimum atomic E-state index is -0.565. The summed E-state index contributed by atoms with van der Waals surface area (Å²) < 4.78 is 9.86. The number of hydrogen-bond donors (Lipinski definition) is 1. The number of thioether (sulfide) groups is 1. The van der Waals surface area contributed by atoms with Crippen molar-refractivity contribution in [3.05, 3.63) is 58.2 Å². The number of aryl methyl sites for hydroxylation is 1. The zero-order chi connectivity index (χ0) is 18.4. The summed E-state index contributed by atoms with van der Waals surface area (Å²) in [5.41, 5.74) is 3.85. The van der Waals surface area contributed by atoms with Gasteiger partial charge in [-0.05, 0) is 31.2 Å². The van der Waals surface area contributed by atoms with Gasteiger partial charge in [0.1, 0.15) is 0 Å². The third-order valence-electron chi connectivity index (χ3n) is 3.19. The second kappa shape index (κ2) is 8.63. The van der Waals surface area contributed by atoms with Crippen LogP contribution >= 0.6 is 23.1 Å². The van der Waals surface area contributed by atoms with E-state index in [0.29, 0.717) is 11.3 Å². The fraction of sp³-hybridized carbons (Fsp3) is 0.176. The summed E-state index contributed by atoms with van der Waals surface area (Å²) in [6.07, 6.45) is 0. The maximum absolute atomic E-state index is 12.0. The van der Waals surface area contributed by atoms with Crippen LogP contribution in [0.25, 0.3) is 0 Å². The molecule has 0 fully saturated rings. The summed E-state index contributed by atoms with van der Waals surface area (Å²) >= 11 is 3.19. The van der Waals surface area contributed by atoms with E-state index < -0.39 is 18.5 Å². The summed E-state index contributed by atoms with van der Waals surface area (Å²) in [7, 11) is 0. The van der Waals surface area contributed by atoms with E-state index in [1.165, 1.54) is 0 Å². The molecule has 0 aliphatic rings. The molecular formula is C17H15N3O4S2. The van der Waals surface area contributed by atoms with Gasteiger partial charge in [0.05, 0.1) is 22.5 Å². The quantitative estimate of drug-likeness (QED) is 0.488. The first-order valence-corrected chi connectivity index (χ1v) is 9.53. The molecule has 26 heavy (non-hydrogen) atoms. The predicted octanol–water partition coefficient (Wildman–Crippen LogP) is 3.53. The van der Waals surface area contributed by atoms with Gasteiger partial charge in [-0.25, -0.2) is 9.78 Å². The molecule has 9 heteroatoms. The highest BCUT2D eigenvalue weighted by molar-refractivity contribution is 7.98. The van der Waals surface area contributed by atoms with Crippen LogP contribution in [0.2, 0.25) is 0 Å². The lowest BCUT2D eigenvalue weighted by atomic mass is 10.2. The third kappa shape index (κ3) is 5.17. The van der Waals surface area contributed by atoms with Gasteiger partial charge in [-0.1, -0.05) is 5.16 Å². The molecule has 7 nitrogen and oxygen atoms in total. The fourth-order valence-electron chi connectivity index (χ4n) is 1.96.